The summed E-state index contributed by atoms with van der Waals surface area (Å²) in [7, 11) is 0. The third-order valence-corrected chi connectivity index (χ3v) is 5.19. The second-order valence-corrected chi connectivity index (χ2v) is 7.70. The van der Waals surface area contributed by atoms with E-state index in [1.54, 1.807) is 6.07 Å². The molecule has 9 nitrogen and oxygen atoms in total. The molecule has 0 saturated carbocycles. The molecule has 31 heavy (non-hydrogen) atoms. The number of nitro benzene ring substituents is 2. The van der Waals surface area contributed by atoms with Gasteiger partial charge in [-0.2, -0.15) is 5.10 Å². The molecule has 1 heterocycles. The van der Waals surface area contributed by atoms with Crippen LogP contribution in [0.4, 0.5) is 27.1 Å². The summed E-state index contributed by atoms with van der Waals surface area (Å²) in [5, 5.41) is 26.0. The number of halogens is 1. The number of benzene rings is 2. The van der Waals surface area contributed by atoms with Gasteiger partial charge in [0.15, 0.2) is 0 Å². The molecular weight excluding hydrogens is 405 g/mol. The summed E-state index contributed by atoms with van der Waals surface area (Å²) in [4.78, 5) is 22.7. The summed E-state index contributed by atoms with van der Waals surface area (Å²) in [6.45, 7) is 8.82. The number of nitrogens with one attached hydrogen (secondary N) is 1. The first-order chi connectivity index (χ1) is 14.5. The number of hydrogen-bond acceptors (Lipinski definition) is 7. The fourth-order valence-corrected chi connectivity index (χ4v) is 3.84. The number of allylic oxidation sites excluding steroid dienone is 1. The highest BCUT2D eigenvalue weighted by molar-refractivity contribution is 5.88. The molecule has 2 aromatic rings. The average Bonchev–Trinajstić information content (AvgIpc) is 2.68. The molecule has 0 radical (unpaired) electrons. The predicted octanol–water partition coefficient (Wildman–Crippen LogP) is 5.11. The molecule has 1 aliphatic rings. The molecule has 1 N–H and O–H groups in total. The van der Waals surface area contributed by atoms with E-state index < -0.39 is 27.0 Å². The summed E-state index contributed by atoms with van der Waals surface area (Å²) in [5.41, 5.74) is 4.17. The molecule has 0 unspecified atom stereocenters. The number of hydrogen-bond donors (Lipinski definition) is 1. The Hall–Kier alpha value is -3.82. The van der Waals surface area contributed by atoms with Crippen molar-refractivity contribution in [1.29, 1.82) is 0 Å². The lowest BCUT2D eigenvalue weighted by Gasteiger charge is -2.42. The van der Waals surface area contributed by atoms with Gasteiger partial charge in [-0.05, 0) is 51.5 Å². The van der Waals surface area contributed by atoms with E-state index in [1.807, 2.05) is 13.8 Å². The second-order valence-electron chi connectivity index (χ2n) is 7.70. The minimum Gasteiger partial charge on any atom is -0.363 e. The number of non-ortho nitro benzene ring substituents is 1. The lowest BCUT2D eigenvalue weighted by Crippen LogP contribution is -2.45. The minimum atomic E-state index is -0.750. The normalized spacial score (nSPS) is 14.9. The molecule has 0 aliphatic carbocycles. The Morgan fingerprint density at radius 3 is 2.52 bits per heavy atom. The highest BCUT2D eigenvalue weighted by Gasteiger charge is 2.31. The van der Waals surface area contributed by atoms with Gasteiger partial charge in [-0.3, -0.25) is 25.7 Å². The van der Waals surface area contributed by atoms with E-state index in [9.17, 15) is 24.6 Å². The molecule has 0 aromatic heterocycles. The first kappa shape index (κ1) is 21.9. The van der Waals surface area contributed by atoms with Gasteiger partial charge in [0.1, 0.15) is 11.5 Å². The number of hydrazone groups is 1. The summed E-state index contributed by atoms with van der Waals surface area (Å²) in [5.74, 6) is -0.480. The molecule has 0 fully saturated rings. The predicted molar refractivity (Wildman–Crippen MR) is 118 cm³/mol. The Kier molecular flexibility index (Phi) is 5.74. The second kappa shape index (κ2) is 8.13. The van der Waals surface area contributed by atoms with E-state index >= 15 is 0 Å². The summed E-state index contributed by atoms with van der Waals surface area (Å²) in [6.07, 6.45) is 3.35. The van der Waals surface area contributed by atoms with Gasteiger partial charge in [0.25, 0.3) is 5.69 Å². The maximum Gasteiger partial charge on any atom is 0.301 e. The average molecular weight is 427 g/mol. The Morgan fingerprint density at radius 2 is 1.90 bits per heavy atom. The van der Waals surface area contributed by atoms with Crippen LogP contribution in [0.3, 0.4) is 0 Å². The van der Waals surface area contributed by atoms with Crippen LogP contribution in [0.5, 0.6) is 0 Å². The van der Waals surface area contributed by atoms with Crippen molar-refractivity contribution in [3.05, 3.63) is 73.6 Å². The highest BCUT2D eigenvalue weighted by atomic mass is 19.1. The monoisotopic (exact) mass is 427 g/mol. The van der Waals surface area contributed by atoms with Crippen LogP contribution >= 0.6 is 0 Å². The molecule has 0 atom stereocenters. The number of rotatable bonds is 6. The quantitative estimate of drug-likeness (QED) is 0.389. The van der Waals surface area contributed by atoms with Crippen LogP contribution in [-0.4, -0.2) is 28.1 Å². The zero-order chi connectivity index (χ0) is 22.9. The van der Waals surface area contributed by atoms with Crippen molar-refractivity contribution >= 4 is 34.5 Å². The van der Waals surface area contributed by atoms with Gasteiger partial charge in [-0.1, -0.05) is 6.08 Å². The SMILES string of the molecule is CCN1c2cc(F)c(/C=N\Nc3ccc([N+](=O)[O-])cc3[N+](=O)[O-])cc2C(C)=CC1(C)C. The van der Waals surface area contributed by atoms with Crippen LogP contribution in [0.25, 0.3) is 5.57 Å². The third-order valence-electron chi connectivity index (χ3n) is 5.19. The Labute approximate surface area is 178 Å². The van der Waals surface area contributed by atoms with Crippen LogP contribution in [0.2, 0.25) is 0 Å². The fraction of sp³-hybridized carbons (Fsp3) is 0.286. The summed E-state index contributed by atoms with van der Waals surface area (Å²) >= 11 is 0. The first-order valence-electron chi connectivity index (χ1n) is 9.58. The number of anilines is 2. The van der Waals surface area contributed by atoms with Crippen LogP contribution in [0, 0.1) is 26.0 Å². The van der Waals surface area contributed by atoms with E-state index in [1.165, 1.54) is 18.3 Å². The molecule has 162 valence electrons. The Balaban J connectivity index is 1.92. The van der Waals surface area contributed by atoms with Crippen molar-refractivity contribution in [3.63, 3.8) is 0 Å². The van der Waals surface area contributed by atoms with Gasteiger partial charge in [-0.25, -0.2) is 4.39 Å². The third kappa shape index (κ3) is 4.23. The van der Waals surface area contributed by atoms with Crippen LogP contribution < -0.4 is 10.3 Å². The molecule has 0 bridgehead atoms. The Bertz CT molecular complexity index is 1130. The van der Waals surface area contributed by atoms with E-state index in [2.05, 4.69) is 35.4 Å². The summed E-state index contributed by atoms with van der Waals surface area (Å²) < 4.78 is 14.8. The van der Waals surface area contributed by atoms with Gasteiger partial charge in [0.05, 0.1) is 27.7 Å². The topological polar surface area (TPSA) is 114 Å². The molecular formula is C21H22FN5O4. The lowest BCUT2D eigenvalue weighted by atomic mass is 9.88. The van der Waals surface area contributed by atoms with E-state index in [-0.39, 0.29) is 16.8 Å². The van der Waals surface area contributed by atoms with Crippen LogP contribution in [-0.2, 0) is 0 Å². The molecule has 0 saturated heterocycles. The van der Waals surface area contributed by atoms with Crippen molar-refractivity contribution < 1.29 is 14.2 Å². The minimum absolute atomic E-state index is 0.0415. The van der Waals surface area contributed by atoms with Crippen LogP contribution in [0.1, 0.15) is 38.8 Å². The van der Waals surface area contributed by atoms with Crippen molar-refractivity contribution in [2.24, 2.45) is 5.10 Å². The zero-order valence-electron chi connectivity index (χ0n) is 17.5. The van der Waals surface area contributed by atoms with E-state index in [4.69, 9.17) is 0 Å². The van der Waals surface area contributed by atoms with E-state index in [0.717, 1.165) is 29.0 Å². The van der Waals surface area contributed by atoms with E-state index in [0.29, 0.717) is 6.54 Å². The smallest absolute Gasteiger partial charge is 0.301 e. The Morgan fingerprint density at radius 1 is 1.19 bits per heavy atom. The number of nitro groups is 2. The van der Waals surface area contributed by atoms with Crippen LogP contribution in [0.15, 0.2) is 41.5 Å². The van der Waals surface area contributed by atoms with Gasteiger partial charge < -0.3 is 4.90 Å². The number of fused-ring (bicyclic) bond motifs is 1. The maximum atomic E-state index is 14.8. The fourth-order valence-electron chi connectivity index (χ4n) is 3.84. The first-order valence-corrected chi connectivity index (χ1v) is 9.58. The number of nitrogens with zero attached hydrogens (tertiary/aromatic N) is 4. The van der Waals surface area contributed by atoms with Gasteiger partial charge in [0, 0.05) is 29.4 Å². The number of likely N-dealkylation sites (N-methyl/N-ethyl adjacent to an activating group) is 1. The van der Waals surface area contributed by atoms with Gasteiger partial charge in [0.2, 0.25) is 0 Å². The van der Waals surface area contributed by atoms with Gasteiger partial charge >= 0.3 is 5.69 Å². The molecule has 1 aliphatic heterocycles. The maximum absolute atomic E-state index is 14.8. The largest absolute Gasteiger partial charge is 0.363 e. The standard InChI is InChI=1S/C21H22FN5O4/c1-5-25-19-10-17(22)14(8-16(19)13(2)11-21(25,3)4)12-23-24-18-7-6-15(26(28)29)9-20(18)27(30)31/h6-12,24H,5H2,1-4H3/b23-12-. The van der Waals surface area contributed by atoms with Crippen molar-refractivity contribution in [1.82, 2.24) is 0 Å². The molecule has 0 amide bonds. The molecule has 2 aromatic carbocycles. The summed E-state index contributed by atoms with van der Waals surface area (Å²) in [6, 6.07) is 6.30. The van der Waals surface area contributed by atoms with Gasteiger partial charge in [-0.15, -0.1) is 0 Å². The highest BCUT2D eigenvalue weighted by Crippen LogP contribution is 2.39. The van der Waals surface area contributed by atoms with Crippen molar-refractivity contribution in [3.8, 4) is 0 Å². The lowest BCUT2D eigenvalue weighted by molar-refractivity contribution is -0.393. The zero-order valence-corrected chi connectivity index (χ0v) is 17.5. The molecule has 10 heteroatoms. The molecule has 3 rings (SSSR count). The van der Waals surface area contributed by atoms with Crippen molar-refractivity contribution in [2.75, 3.05) is 16.9 Å². The molecule has 0 spiro atoms. The van der Waals surface area contributed by atoms with Crippen molar-refractivity contribution in [2.45, 2.75) is 33.2 Å².